The van der Waals surface area contributed by atoms with Crippen LogP contribution in [0.5, 0.6) is 0 Å². The molecule has 0 atom stereocenters. The van der Waals surface area contributed by atoms with Crippen LogP contribution in [-0.4, -0.2) is 19.0 Å². The minimum absolute atomic E-state index is 0.0649. The number of carbonyl (C=O) groups excluding carboxylic acids is 1. The number of carbonyl (C=O) groups is 1. The number of para-hydroxylation sites is 2. The van der Waals surface area contributed by atoms with Crippen molar-refractivity contribution in [2.24, 2.45) is 0 Å². The summed E-state index contributed by atoms with van der Waals surface area (Å²) in [6.07, 6.45) is 0.509. The van der Waals surface area contributed by atoms with Gasteiger partial charge in [-0.1, -0.05) is 34.6 Å². The molecule has 0 radical (unpaired) electrons. The lowest BCUT2D eigenvalue weighted by Gasteiger charge is -2.23. The van der Waals surface area contributed by atoms with Crippen LogP contribution in [0.4, 0.5) is 11.4 Å². The van der Waals surface area contributed by atoms with Crippen LogP contribution >= 0.6 is 15.9 Å². The molecule has 0 fully saturated rings. The van der Waals surface area contributed by atoms with Gasteiger partial charge in [-0.05, 0) is 12.1 Å². The van der Waals surface area contributed by atoms with E-state index in [0.29, 0.717) is 19.5 Å². The highest BCUT2D eigenvalue weighted by Gasteiger charge is 2.18. The molecule has 1 aliphatic heterocycles. The molecule has 1 aromatic rings. The van der Waals surface area contributed by atoms with Crippen molar-refractivity contribution in [2.75, 3.05) is 23.3 Å². The first-order chi connectivity index (χ1) is 7.66. The van der Waals surface area contributed by atoms with Gasteiger partial charge in [0.05, 0.1) is 11.4 Å². The first-order valence-electron chi connectivity index (χ1n) is 5.14. The molecule has 0 bridgehead atoms. The second kappa shape index (κ2) is 4.70. The molecule has 0 aromatic heterocycles. The summed E-state index contributed by atoms with van der Waals surface area (Å²) in [4.78, 5) is 13.6. The van der Waals surface area contributed by atoms with E-state index in [0.717, 1.165) is 15.9 Å². The van der Waals surface area contributed by atoms with Gasteiger partial charge >= 0.3 is 0 Å². The van der Waals surface area contributed by atoms with E-state index in [9.17, 15) is 4.79 Å². The van der Waals surface area contributed by atoms with E-state index >= 15 is 0 Å². The average molecular weight is 281 g/mol. The van der Waals surface area contributed by atoms with Crippen LogP contribution in [0.2, 0.25) is 0 Å². The van der Waals surface area contributed by atoms with Crippen molar-refractivity contribution >= 4 is 33.2 Å². The Bertz CT molecular complexity index is 431. The number of fused-ring (bicyclic) bond motifs is 1. The van der Waals surface area contributed by atoms with Crippen LogP contribution in [-0.2, 0) is 4.79 Å². The molecule has 0 unspecified atom stereocenters. The zero-order valence-corrected chi connectivity index (χ0v) is 10.5. The Morgan fingerprint density at radius 2 is 2.25 bits per heavy atom. The molecule has 84 valence electrons. The number of anilines is 2. The van der Waals surface area contributed by atoms with Crippen molar-refractivity contribution in [1.29, 1.82) is 0 Å². The Balaban J connectivity index is 2.34. The fourth-order valence-electron chi connectivity index (χ4n) is 1.80. The molecular formula is C12H13BrN2O. The molecule has 0 aliphatic carbocycles. The van der Waals surface area contributed by atoms with Gasteiger partial charge in [0.25, 0.3) is 0 Å². The van der Waals surface area contributed by atoms with Crippen LogP contribution in [0.25, 0.3) is 0 Å². The quantitative estimate of drug-likeness (QED) is 0.904. The first-order valence-corrected chi connectivity index (χ1v) is 5.93. The molecular weight excluding hydrogens is 268 g/mol. The molecule has 1 N–H and O–H groups in total. The molecule has 1 amide bonds. The van der Waals surface area contributed by atoms with E-state index < -0.39 is 0 Å². The van der Waals surface area contributed by atoms with E-state index in [4.69, 9.17) is 0 Å². The third-order valence-electron chi connectivity index (χ3n) is 2.49. The second-order valence-corrected chi connectivity index (χ2v) is 4.88. The Labute approximate surface area is 103 Å². The molecule has 1 aliphatic rings. The predicted octanol–water partition coefficient (Wildman–Crippen LogP) is 2.74. The molecule has 1 heterocycles. The number of halogens is 1. The lowest BCUT2D eigenvalue weighted by atomic mass is 10.2. The number of hydrogen-bond donors (Lipinski definition) is 1. The summed E-state index contributed by atoms with van der Waals surface area (Å²) in [7, 11) is 0. The summed E-state index contributed by atoms with van der Waals surface area (Å²) in [5, 5.41) is 2.90. The van der Waals surface area contributed by atoms with Crippen LogP contribution in [0.3, 0.4) is 0 Å². The fraction of sp³-hybridized carbons (Fsp3) is 0.250. The molecule has 16 heavy (non-hydrogen) atoms. The number of rotatable bonds is 2. The van der Waals surface area contributed by atoms with Gasteiger partial charge in [-0.2, -0.15) is 0 Å². The molecule has 4 heteroatoms. The summed E-state index contributed by atoms with van der Waals surface area (Å²) in [6.45, 7) is 5.27. The minimum atomic E-state index is 0.0649. The Kier molecular flexibility index (Phi) is 3.29. The third kappa shape index (κ3) is 2.44. The van der Waals surface area contributed by atoms with Crippen LogP contribution in [0.15, 0.2) is 35.3 Å². The van der Waals surface area contributed by atoms with Crippen LogP contribution in [0, 0.1) is 0 Å². The van der Waals surface area contributed by atoms with Crippen molar-refractivity contribution in [2.45, 2.75) is 6.42 Å². The van der Waals surface area contributed by atoms with Crippen molar-refractivity contribution in [3.05, 3.63) is 35.3 Å². The number of amides is 1. The van der Waals surface area contributed by atoms with Crippen molar-refractivity contribution in [1.82, 2.24) is 0 Å². The highest BCUT2D eigenvalue weighted by atomic mass is 79.9. The maximum Gasteiger partial charge on any atom is 0.226 e. The SMILES string of the molecule is C=C(Br)CN1CCC(=O)Nc2ccccc21. The molecule has 2 rings (SSSR count). The van der Waals surface area contributed by atoms with Gasteiger partial charge < -0.3 is 10.2 Å². The Morgan fingerprint density at radius 3 is 3.00 bits per heavy atom. The van der Waals surface area contributed by atoms with Crippen LogP contribution in [0.1, 0.15) is 6.42 Å². The van der Waals surface area contributed by atoms with Gasteiger partial charge in [0, 0.05) is 24.0 Å². The highest BCUT2D eigenvalue weighted by Crippen LogP contribution is 2.29. The van der Waals surface area contributed by atoms with E-state index in [-0.39, 0.29) is 5.91 Å². The van der Waals surface area contributed by atoms with Crippen LogP contribution < -0.4 is 10.2 Å². The summed E-state index contributed by atoms with van der Waals surface area (Å²) < 4.78 is 0.914. The van der Waals surface area contributed by atoms with E-state index in [1.165, 1.54) is 0 Å². The number of nitrogens with zero attached hydrogens (tertiary/aromatic N) is 1. The maximum absolute atomic E-state index is 11.5. The minimum Gasteiger partial charge on any atom is -0.365 e. The molecule has 3 nitrogen and oxygen atoms in total. The first kappa shape index (κ1) is 11.2. The van der Waals surface area contributed by atoms with Crippen molar-refractivity contribution < 1.29 is 4.79 Å². The van der Waals surface area contributed by atoms with Gasteiger partial charge in [-0.25, -0.2) is 0 Å². The average Bonchev–Trinajstić information content (AvgIpc) is 2.38. The highest BCUT2D eigenvalue weighted by molar-refractivity contribution is 9.11. The number of nitrogens with one attached hydrogen (secondary N) is 1. The monoisotopic (exact) mass is 280 g/mol. The predicted molar refractivity (Wildman–Crippen MR) is 70.0 cm³/mol. The number of hydrogen-bond acceptors (Lipinski definition) is 2. The topological polar surface area (TPSA) is 32.3 Å². The van der Waals surface area contributed by atoms with Gasteiger partial charge in [-0.3, -0.25) is 4.79 Å². The molecule has 0 spiro atoms. The third-order valence-corrected chi connectivity index (χ3v) is 2.74. The van der Waals surface area contributed by atoms with E-state index in [1.54, 1.807) is 0 Å². The summed E-state index contributed by atoms with van der Waals surface area (Å²) in [5.74, 6) is 0.0649. The largest absolute Gasteiger partial charge is 0.365 e. The van der Waals surface area contributed by atoms with Gasteiger partial charge in [0.2, 0.25) is 5.91 Å². The molecule has 0 saturated heterocycles. The lowest BCUT2D eigenvalue weighted by molar-refractivity contribution is -0.115. The van der Waals surface area contributed by atoms with Gasteiger partial charge in [-0.15, -0.1) is 0 Å². The smallest absolute Gasteiger partial charge is 0.226 e. The maximum atomic E-state index is 11.5. The van der Waals surface area contributed by atoms with Gasteiger partial charge in [0.15, 0.2) is 0 Å². The zero-order chi connectivity index (χ0) is 11.5. The Hall–Kier alpha value is -1.29. The standard InChI is InChI=1S/C12H13BrN2O/c1-9(13)8-15-7-6-12(16)14-10-4-2-3-5-11(10)15/h2-5H,1,6-8H2,(H,14,16). The zero-order valence-electron chi connectivity index (χ0n) is 8.87. The van der Waals surface area contributed by atoms with E-state index in [2.05, 4.69) is 32.7 Å². The van der Waals surface area contributed by atoms with Crippen molar-refractivity contribution in [3.63, 3.8) is 0 Å². The number of benzene rings is 1. The summed E-state index contributed by atoms with van der Waals surface area (Å²) >= 11 is 3.36. The second-order valence-electron chi connectivity index (χ2n) is 3.75. The normalized spacial score (nSPS) is 15.1. The summed E-state index contributed by atoms with van der Waals surface area (Å²) in [6, 6.07) is 7.82. The Morgan fingerprint density at radius 1 is 1.50 bits per heavy atom. The fourth-order valence-corrected chi connectivity index (χ4v) is 2.10. The van der Waals surface area contributed by atoms with Crippen molar-refractivity contribution in [3.8, 4) is 0 Å². The van der Waals surface area contributed by atoms with E-state index in [1.807, 2.05) is 24.3 Å². The van der Waals surface area contributed by atoms with Gasteiger partial charge in [0.1, 0.15) is 0 Å². The molecule has 0 saturated carbocycles. The lowest BCUT2D eigenvalue weighted by Crippen LogP contribution is -2.25. The summed E-state index contributed by atoms with van der Waals surface area (Å²) in [5.41, 5.74) is 1.92. The molecule has 1 aromatic carbocycles.